The molecule has 1 fully saturated rings. The number of fused-ring (bicyclic) bond motifs is 2. The van der Waals surface area contributed by atoms with Crippen LogP contribution in [-0.2, 0) is 0 Å². The van der Waals surface area contributed by atoms with Crippen LogP contribution >= 0.6 is 11.6 Å². The monoisotopic (exact) mass is 483 g/mol. The fourth-order valence-electron chi connectivity index (χ4n) is 4.59. The van der Waals surface area contributed by atoms with E-state index in [1.165, 1.54) is 0 Å². The van der Waals surface area contributed by atoms with Gasteiger partial charge in [0, 0.05) is 24.3 Å². The third-order valence-electron chi connectivity index (χ3n) is 6.35. The Morgan fingerprint density at radius 3 is 2.77 bits per heavy atom. The lowest BCUT2D eigenvalue weighted by molar-refractivity contribution is 0.0971. The molecule has 0 saturated carbocycles. The maximum absolute atomic E-state index is 13.9. The van der Waals surface area contributed by atoms with Crippen molar-refractivity contribution in [1.29, 1.82) is 0 Å². The molecule has 8 nitrogen and oxygen atoms in total. The Bertz CT molecular complexity index is 1540. The molecule has 2 aromatic carbocycles. The van der Waals surface area contributed by atoms with Crippen molar-refractivity contribution in [3.8, 4) is 5.69 Å². The lowest BCUT2D eigenvalue weighted by atomic mass is 10.0. The molecule has 35 heavy (non-hydrogen) atoms. The number of anilines is 1. The summed E-state index contributed by atoms with van der Waals surface area (Å²) in [6, 6.07) is 18.9. The molecule has 174 valence electrons. The molecule has 9 heteroatoms. The van der Waals surface area contributed by atoms with Crippen molar-refractivity contribution >= 4 is 45.3 Å². The number of benzene rings is 2. The maximum atomic E-state index is 13.9. The number of nitrogens with zero attached hydrogens (tertiary/aromatic N) is 6. The molecule has 1 atom stereocenters. The number of carbonyl (C=O) groups is 1. The van der Waals surface area contributed by atoms with Gasteiger partial charge in [-0.3, -0.25) is 9.69 Å². The fourth-order valence-corrected chi connectivity index (χ4v) is 4.85. The smallest absolute Gasteiger partial charge is 0.261 e. The Morgan fingerprint density at radius 1 is 1.06 bits per heavy atom. The highest BCUT2D eigenvalue weighted by Gasteiger charge is 2.30. The topological polar surface area (TPSA) is 88.8 Å². The van der Waals surface area contributed by atoms with Crippen LogP contribution in [0, 0.1) is 0 Å². The summed E-state index contributed by atoms with van der Waals surface area (Å²) < 4.78 is 1.61. The van der Waals surface area contributed by atoms with Crippen molar-refractivity contribution in [3.05, 3.63) is 83.6 Å². The van der Waals surface area contributed by atoms with Gasteiger partial charge in [0.15, 0.2) is 5.65 Å². The molecule has 3 aromatic heterocycles. The lowest BCUT2D eigenvalue weighted by Crippen LogP contribution is -2.49. The lowest BCUT2D eigenvalue weighted by Gasteiger charge is -2.34. The number of hydrogen-bond donors (Lipinski definition) is 1. The number of piperidine rings is 1. The Kier molecular flexibility index (Phi) is 5.60. The van der Waals surface area contributed by atoms with Crippen LogP contribution in [0.2, 0.25) is 5.02 Å². The second-order valence-electron chi connectivity index (χ2n) is 8.58. The van der Waals surface area contributed by atoms with E-state index in [1.807, 2.05) is 54.7 Å². The van der Waals surface area contributed by atoms with Gasteiger partial charge in [-0.25, -0.2) is 9.97 Å². The first-order chi connectivity index (χ1) is 17.2. The minimum absolute atomic E-state index is 0.0240. The molecule has 0 aliphatic carbocycles. The summed E-state index contributed by atoms with van der Waals surface area (Å²) >= 11 is 6.69. The highest BCUT2D eigenvalue weighted by Crippen LogP contribution is 2.29. The molecule has 0 spiro atoms. The standard InChI is InChI=1S/C26H22ClN7O/c27-22-14-19(34-25-23(31-32-34)8-4-12-29-25)9-10-21(22)26(35)33(20-7-3-11-28-16-20)24-13-17-5-1-2-6-18(17)15-30-24/h1-2,4-6,8-10,12-15,20,28H,3,7,11,16H2/t20-/m1/s1. The fraction of sp³-hybridized carbons (Fsp3) is 0.192. The zero-order valence-electron chi connectivity index (χ0n) is 18.8. The van der Waals surface area contributed by atoms with Crippen molar-refractivity contribution in [2.24, 2.45) is 0 Å². The van der Waals surface area contributed by atoms with Crippen LogP contribution in [0.15, 0.2) is 73.1 Å². The SMILES string of the molecule is O=C(c1ccc(-n2nnc3cccnc32)cc1Cl)N(c1cc2ccccc2cn1)[C@@H]1CCCNC1. The Balaban J connectivity index is 1.39. The van der Waals surface area contributed by atoms with E-state index in [2.05, 4.69) is 25.6 Å². The summed E-state index contributed by atoms with van der Waals surface area (Å²) in [6.07, 6.45) is 5.38. The van der Waals surface area contributed by atoms with E-state index >= 15 is 0 Å². The van der Waals surface area contributed by atoms with Crippen LogP contribution in [0.1, 0.15) is 23.2 Å². The van der Waals surface area contributed by atoms with E-state index in [-0.39, 0.29) is 11.9 Å². The average molecular weight is 484 g/mol. The van der Waals surface area contributed by atoms with Gasteiger partial charge < -0.3 is 5.32 Å². The van der Waals surface area contributed by atoms with Gasteiger partial charge >= 0.3 is 0 Å². The molecule has 1 aliphatic heterocycles. The average Bonchev–Trinajstić information content (AvgIpc) is 3.33. The summed E-state index contributed by atoms with van der Waals surface area (Å²) in [7, 11) is 0. The molecular weight excluding hydrogens is 462 g/mol. The second-order valence-corrected chi connectivity index (χ2v) is 8.98. The molecule has 6 rings (SSSR count). The summed E-state index contributed by atoms with van der Waals surface area (Å²) in [5, 5.41) is 14.2. The van der Waals surface area contributed by atoms with Gasteiger partial charge in [-0.2, -0.15) is 4.68 Å². The largest absolute Gasteiger partial charge is 0.315 e. The third-order valence-corrected chi connectivity index (χ3v) is 6.67. The first kappa shape index (κ1) is 21.6. The molecule has 5 aromatic rings. The van der Waals surface area contributed by atoms with E-state index in [9.17, 15) is 4.79 Å². The maximum Gasteiger partial charge on any atom is 0.261 e. The van der Waals surface area contributed by atoms with Crippen LogP contribution in [-0.4, -0.2) is 50.0 Å². The second kappa shape index (κ2) is 9.05. The highest BCUT2D eigenvalue weighted by molar-refractivity contribution is 6.34. The normalized spacial score (nSPS) is 16.0. The van der Waals surface area contributed by atoms with Crippen LogP contribution in [0.5, 0.6) is 0 Å². The van der Waals surface area contributed by atoms with Gasteiger partial charge in [-0.1, -0.05) is 41.1 Å². The molecule has 0 unspecified atom stereocenters. The minimum atomic E-state index is -0.181. The van der Waals surface area contributed by atoms with Crippen molar-refractivity contribution in [2.75, 3.05) is 18.0 Å². The first-order valence-electron chi connectivity index (χ1n) is 11.5. The quantitative estimate of drug-likeness (QED) is 0.407. The van der Waals surface area contributed by atoms with Gasteiger partial charge in [0.25, 0.3) is 5.91 Å². The number of rotatable bonds is 4. The molecule has 1 amide bonds. The summed E-state index contributed by atoms with van der Waals surface area (Å²) in [4.78, 5) is 24.7. The van der Waals surface area contributed by atoms with Gasteiger partial charge in [0.1, 0.15) is 11.3 Å². The zero-order valence-corrected chi connectivity index (χ0v) is 19.6. The van der Waals surface area contributed by atoms with E-state index in [1.54, 1.807) is 27.9 Å². The number of pyridine rings is 2. The van der Waals surface area contributed by atoms with Crippen molar-refractivity contribution in [2.45, 2.75) is 18.9 Å². The number of amides is 1. The molecule has 1 saturated heterocycles. The number of halogens is 1. The van der Waals surface area contributed by atoms with Crippen LogP contribution in [0.3, 0.4) is 0 Å². The molecule has 4 heterocycles. The van der Waals surface area contributed by atoms with E-state index < -0.39 is 0 Å². The van der Waals surface area contributed by atoms with E-state index in [4.69, 9.17) is 11.6 Å². The Morgan fingerprint density at radius 2 is 1.94 bits per heavy atom. The molecular formula is C26H22ClN7O. The van der Waals surface area contributed by atoms with Crippen molar-refractivity contribution < 1.29 is 4.79 Å². The Hall–Kier alpha value is -3.88. The number of carbonyl (C=O) groups excluding carboxylic acids is 1. The molecule has 1 N–H and O–H groups in total. The molecule has 1 aliphatic rings. The van der Waals surface area contributed by atoms with Crippen LogP contribution in [0.25, 0.3) is 27.6 Å². The summed E-state index contributed by atoms with van der Waals surface area (Å²) in [6.45, 7) is 1.64. The van der Waals surface area contributed by atoms with E-state index in [0.29, 0.717) is 39.8 Å². The van der Waals surface area contributed by atoms with Gasteiger partial charge in [-0.15, -0.1) is 5.10 Å². The number of nitrogens with one attached hydrogen (secondary N) is 1. The van der Waals surface area contributed by atoms with E-state index in [0.717, 1.165) is 30.2 Å². The summed E-state index contributed by atoms with van der Waals surface area (Å²) in [5.74, 6) is 0.439. The molecule has 0 radical (unpaired) electrons. The number of aromatic nitrogens is 5. The summed E-state index contributed by atoms with van der Waals surface area (Å²) in [5.41, 5.74) is 2.40. The van der Waals surface area contributed by atoms with Crippen LogP contribution in [0.4, 0.5) is 5.82 Å². The zero-order chi connectivity index (χ0) is 23.8. The van der Waals surface area contributed by atoms with Crippen molar-refractivity contribution in [3.63, 3.8) is 0 Å². The van der Waals surface area contributed by atoms with Gasteiger partial charge in [-0.05, 0) is 61.2 Å². The Labute approximate surface area is 206 Å². The first-order valence-corrected chi connectivity index (χ1v) is 11.9. The van der Waals surface area contributed by atoms with Crippen molar-refractivity contribution in [1.82, 2.24) is 30.3 Å². The third kappa shape index (κ3) is 4.00. The number of hydrogen-bond acceptors (Lipinski definition) is 6. The minimum Gasteiger partial charge on any atom is -0.315 e. The predicted octanol–water partition coefficient (Wildman–Crippen LogP) is 4.42. The van der Waals surface area contributed by atoms with Gasteiger partial charge in [0.05, 0.1) is 22.3 Å². The highest BCUT2D eigenvalue weighted by atomic mass is 35.5. The molecule has 0 bridgehead atoms. The predicted molar refractivity (Wildman–Crippen MR) is 136 cm³/mol. The van der Waals surface area contributed by atoms with Crippen LogP contribution < -0.4 is 10.2 Å². The van der Waals surface area contributed by atoms with Gasteiger partial charge in [0.2, 0.25) is 0 Å².